The molecule has 11 heteroatoms. The Hall–Kier alpha value is -4.13. The van der Waals surface area contributed by atoms with E-state index < -0.39 is 9.84 Å². The zero-order valence-corrected chi connectivity index (χ0v) is 27.6. The fourth-order valence-electron chi connectivity index (χ4n) is 5.56. The zero-order chi connectivity index (χ0) is 33.1. The Bertz CT molecular complexity index is 1600. The number of hydrogen-bond donors (Lipinski definition) is 2. The van der Waals surface area contributed by atoms with Crippen molar-refractivity contribution in [2.24, 2.45) is 0 Å². The van der Waals surface area contributed by atoms with E-state index in [4.69, 9.17) is 30.4 Å². The molecule has 0 amide bonds. The van der Waals surface area contributed by atoms with Crippen molar-refractivity contribution < 1.29 is 27.4 Å². The molecule has 0 spiro atoms. The number of ether oxygens (including phenoxy) is 4. The molecule has 0 bridgehead atoms. The predicted molar refractivity (Wildman–Crippen MR) is 186 cm³/mol. The molecule has 4 aromatic carbocycles. The van der Waals surface area contributed by atoms with Gasteiger partial charge in [-0.1, -0.05) is 24.3 Å². The van der Waals surface area contributed by atoms with E-state index >= 15 is 0 Å². The normalized spacial score (nSPS) is 21.8. The van der Waals surface area contributed by atoms with Gasteiger partial charge in [-0.25, -0.2) is 8.42 Å². The zero-order valence-electron chi connectivity index (χ0n) is 26.8. The number of rotatable bonds is 14. The van der Waals surface area contributed by atoms with Crippen LogP contribution in [0.4, 0.5) is 22.7 Å². The lowest BCUT2D eigenvalue weighted by molar-refractivity contribution is 0.388. The first-order chi connectivity index (χ1) is 23.3. The molecule has 4 aliphatic rings. The van der Waals surface area contributed by atoms with Gasteiger partial charge in [0, 0.05) is 48.9 Å². The summed E-state index contributed by atoms with van der Waals surface area (Å²) in [5, 5.41) is 0. The monoisotopic (exact) mass is 670 g/mol. The molecule has 0 aliphatic carbocycles. The summed E-state index contributed by atoms with van der Waals surface area (Å²) < 4.78 is 46.1. The number of nitrogens with zero attached hydrogens (tertiary/aromatic N) is 2. The van der Waals surface area contributed by atoms with E-state index in [-0.39, 0.29) is 9.79 Å². The average Bonchev–Trinajstić information content (AvgIpc) is 3.89. The molecule has 4 fully saturated rings. The van der Waals surface area contributed by atoms with Crippen LogP contribution in [-0.2, 0) is 35.2 Å². The van der Waals surface area contributed by atoms with Gasteiger partial charge in [-0.2, -0.15) is 0 Å². The minimum Gasteiger partial charge on any atom is -0.399 e. The molecule has 48 heavy (non-hydrogen) atoms. The topological polar surface area (TPSA) is 143 Å². The Labute approximate surface area is 282 Å². The van der Waals surface area contributed by atoms with Gasteiger partial charge in [0.15, 0.2) is 0 Å². The summed E-state index contributed by atoms with van der Waals surface area (Å²) >= 11 is 0. The number of anilines is 4. The van der Waals surface area contributed by atoms with Gasteiger partial charge in [-0.15, -0.1) is 0 Å². The number of epoxide rings is 4. The second kappa shape index (κ2) is 14.2. The van der Waals surface area contributed by atoms with E-state index in [1.54, 1.807) is 24.3 Å². The standard InChI is InChI=1S/C25H30N2O4.C12H12N2O2S/c1-5-20(26(10-22-14-28-22)11-23-15-29-23)6-2-18(1)9-19-3-7-21(8-4-19)27(12-24-16-30-24)13-25-17-31-25;13-9-1-5-11(6-2-9)17(15,16)12-7-3-10(14)4-8-12/h1-8,22-25H,9-17H2;1-8H,13-14H2. The summed E-state index contributed by atoms with van der Waals surface area (Å²) in [5.41, 5.74) is 17.3. The van der Waals surface area contributed by atoms with Crippen LogP contribution in [0.2, 0.25) is 0 Å². The number of sulfone groups is 1. The lowest BCUT2D eigenvalue weighted by atomic mass is 10.0. The molecule has 4 aliphatic heterocycles. The summed E-state index contributed by atoms with van der Waals surface area (Å²) in [6.45, 7) is 7.35. The maximum absolute atomic E-state index is 12.2. The van der Waals surface area contributed by atoms with Gasteiger partial charge in [0.05, 0.1) is 60.6 Å². The fourth-order valence-corrected chi connectivity index (χ4v) is 6.82. The minimum atomic E-state index is -3.48. The summed E-state index contributed by atoms with van der Waals surface area (Å²) in [6.07, 6.45) is 2.48. The Morgan fingerprint density at radius 1 is 0.500 bits per heavy atom. The van der Waals surface area contributed by atoms with E-state index in [0.29, 0.717) is 35.8 Å². The third-order valence-corrected chi connectivity index (χ3v) is 10.5. The van der Waals surface area contributed by atoms with Crippen LogP contribution in [0.15, 0.2) is 107 Å². The molecule has 4 unspecified atom stereocenters. The molecule has 4 N–H and O–H groups in total. The first-order valence-corrected chi connectivity index (χ1v) is 17.9. The van der Waals surface area contributed by atoms with Crippen LogP contribution in [0.25, 0.3) is 0 Å². The van der Waals surface area contributed by atoms with Crippen LogP contribution in [0, 0.1) is 0 Å². The highest BCUT2D eigenvalue weighted by atomic mass is 32.2. The quantitative estimate of drug-likeness (QED) is 0.148. The van der Waals surface area contributed by atoms with Gasteiger partial charge in [0.2, 0.25) is 9.84 Å². The molecule has 0 aromatic heterocycles. The van der Waals surface area contributed by atoms with Crippen molar-refractivity contribution in [3.63, 3.8) is 0 Å². The van der Waals surface area contributed by atoms with Gasteiger partial charge in [0.1, 0.15) is 0 Å². The number of hydrogen-bond acceptors (Lipinski definition) is 10. The largest absolute Gasteiger partial charge is 0.399 e. The van der Waals surface area contributed by atoms with E-state index in [1.807, 2.05) is 0 Å². The second-order valence-corrected chi connectivity index (χ2v) is 14.7. The third-order valence-electron chi connectivity index (χ3n) is 8.70. The lowest BCUT2D eigenvalue weighted by Crippen LogP contribution is -2.31. The highest BCUT2D eigenvalue weighted by molar-refractivity contribution is 7.91. The first-order valence-electron chi connectivity index (χ1n) is 16.4. The third kappa shape index (κ3) is 9.06. The summed E-state index contributed by atoms with van der Waals surface area (Å²) in [7, 11) is -3.48. The van der Waals surface area contributed by atoms with Crippen molar-refractivity contribution in [2.75, 3.05) is 73.9 Å². The highest BCUT2D eigenvalue weighted by Crippen LogP contribution is 2.26. The van der Waals surface area contributed by atoms with E-state index in [0.717, 1.165) is 59.0 Å². The minimum absolute atomic E-state index is 0.219. The van der Waals surface area contributed by atoms with E-state index in [1.165, 1.54) is 46.8 Å². The van der Waals surface area contributed by atoms with Gasteiger partial charge in [-0.3, -0.25) is 0 Å². The van der Waals surface area contributed by atoms with Gasteiger partial charge < -0.3 is 40.2 Å². The molecule has 4 heterocycles. The fraction of sp³-hybridized carbons (Fsp3) is 0.351. The molecule has 4 aromatic rings. The summed E-state index contributed by atoms with van der Waals surface area (Å²) in [6, 6.07) is 30.1. The molecule has 10 nitrogen and oxygen atoms in total. The van der Waals surface area contributed by atoms with Crippen molar-refractivity contribution in [1.29, 1.82) is 0 Å². The van der Waals surface area contributed by atoms with Gasteiger partial charge >= 0.3 is 0 Å². The van der Waals surface area contributed by atoms with E-state index in [9.17, 15) is 8.42 Å². The first kappa shape index (κ1) is 32.4. The summed E-state index contributed by atoms with van der Waals surface area (Å²) in [5.74, 6) is 0. The Morgan fingerprint density at radius 2 is 0.792 bits per heavy atom. The molecule has 4 saturated heterocycles. The van der Waals surface area contributed by atoms with Crippen LogP contribution in [0.5, 0.6) is 0 Å². The molecular weight excluding hydrogens is 628 g/mol. The van der Waals surface area contributed by atoms with Gasteiger partial charge in [0.25, 0.3) is 0 Å². The second-order valence-electron chi connectivity index (χ2n) is 12.8. The maximum Gasteiger partial charge on any atom is 0.206 e. The van der Waals surface area contributed by atoms with Crippen LogP contribution >= 0.6 is 0 Å². The smallest absolute Gasteiger partial charge is 0.206 e. The van der Waals surface area contributed by atoms with E-state index in [2.05, 4.69) is 58.3 Å². The molecule has 8 rings (SSSR count). The highest BCUT2D eigenvalue weighted by Gasteiger charge is 2.32. The van der Waals surface area contributed by atoms with Crippen LogP contribution in [-0.4, -0.2) is 85.4 Å². The van der Waals surface area contributed by atoms with Crippen LogP contribution in [0.3, 0.4) is 0 Å². The Balaban J connectivity index is 0.000000182. The van der Waals surface area contributed by atoms with Crippen LogP contribution < -0.4 is 21.3 Å². The SMILES string of the molecule is Nc1ccc(S(=O)(=O)c2ccc(N)cc2)cc1.c1cc(N(CC2CO2)CC2CO2)ccc1Cc1ccc(N(CC2CO2)CC2CO2)cc1. The molecule has 252 valence electrons. The van der Waals surface area contributed by atoms with Crippen molar-refractivity contribution in [3.05, 3.63) is 108 Å². The van der Waals surface area contributed by atoms with Crippen molar-refractivity contribution in [1.82, 2.24) is 0 Å². The predicted octanol–water partition coefficient (Wildman–Crippen LogP) is 4.17. The Morgan fingerprint density at radius 3 is 1.06 bits per heavy atom. The van der Waals surface area contributed by atoms with Crippen molar-refractivity contribution in [2.45, 2.75) is 40.6 Å². The van der Waals surface area contributed by atoms with Crippen molar-refractivity contribution in [3.8, 4) is 0 Å². The lowest BCUT2D eigenvalue weighted by Gasteiger charge is -2.24. The number of nitrogens with two attached hydrogens (primary N) is 2. The molecular formula is C37H42N4O6S. The number of nitrogen functional groups attached to an aromatic ring is 2. The van der Waals surface area contributed by atoms with Crippen molar-refractivity contribution >= 4 is 32.6 Å². The van der Waals surface area contributed by atoms with Crippen LogP contribution in [0.1, 0.15) is 11.1 Å². The van der Waals surface area contributed by atoms with Gasteiger partial charge in [-0.05, 0) is 90.3 Å². The molecule has 0 saturated carbocycles. The molecule has 4 atom stereocenters. The molecule has 0 radical (unpaired) electrons. The Kier molecular flexibility index (Phi) is 9.56. The maximum atomic E-state index is 12.2. The summed E-state index contributed by atoms with van der Waals surface area (Å²) in [4.78, 5) is 5.23. The number of benzene rings is 4. The average molecular weight is 671 g/mol.